The molecule has 0 aliphatic carbocycles. The van der Waals surface area contributed by atoms with Crippen LogP contribution in [0.2, 0.25) is 0 Å². The zero-order valence-electron chi connectivity index (χ0n) is 9.93. The normalized spacial score (nSPS) is 18.8. The second-order valence-corrected chi connectivity index (χ2v) is 6.34. The average Bonchev–Trinajstić information content (AvgIpc) is 2.94. The van der Waals surface area contributed by atoms with Crippen molar-refractivity contribution in [3.05, 3.63) is 15.6 Å². The molecule has 1 unspecified atom stereocenters. The van der Waals surface area contributed by atoms with E-state index in [2.05, 4.69) is 10.3 Å². The van der Waals surface area contributed by atoms with Crippen molar-refractivity contribution in [3.63, 3.8) is 0 Å². The van der Waals surface area contributed by atoms with Gasteiger partial charge in [0.1, 0.15) is 9.88 Å². The molecular weight excluding hydrogens is 272 g/mol. The number of carboxylic acids is 1. The molecule has 0 saturated carbocycles. The van der Waals surface area contributed by atoms with Gasteiger partial charge in [0.25, 0.3) is 0 Å². The fraction of sp³-hybridized carbons (Fsp3) is 0.545. The van der Waals surface area contributed by atoms with Gasteiger partial charge in [-0.25, -0.2) is 9.78 Å². The van der Waals surface area contributed by atoms with E-state index in [1.165, 1.54) is 0 Å². The maximum absolute atomic E-state index is 11.8. The first kappa shape index (κ1) is 13.4. The lowest BCUT2D eigenvalue weighted by atomic mass is 10.1. The van der Waals surface area contributed by atoms with Gasteiger partial charge >= 0.3 is 5.97 Å². The molecule has 1 amide bonds. The fourth-order valence-electron chi connectivity index (χ4n) is 1.77. The molecule has 5 nitrogen and oxygen atoms in total. The van der Waals surface area contributed by atoms with E-state index >= 15 is 0 Å². The van der Waals surface area contributed by atoms with E-state index in [1.54, 1.807) is 18.7 Å². The number of hydrogen-bond donors (Lipinski definition) is 2. The van der Waals surface area contributed by atoms with Crippen LogP contribution >= 0.6 is 23.1 Å². The first-order valence-corrected chi connectivity index (χ1v) is 7.60. The molecule has 1 aliphatic rings. The molecule has 0 aromatic carbocycles. The number of hydrogen-bond acceptors (Lipinski definition) is 5. The molecule has 2 heterocycles. The minimum Gasteiger partial charge on any atom is -0.477 e. The number of aryl methyl sites for hydroxylation is 1. The summed E-state index contributed by atoms with van der Waals surface area (Å²) in [6, 6.07) is 0. The van der Waals surface area contributed by atoms with Gasteiger partial charge in [-0.3, -0.25) is 4.79 Å². The van der Waals surface area contributed by atoms with Crippen molar-refractivity contribution >= 4 is 35.0 Å². The van der Waals surface area contributed by atoms with E-state index in [0.29, 0.717) is 17.2 Å². The van der Waals surface area contributed by atoms with E-state index in [4.69, 9.17) is 5.11 Å². The van der Waals surface area contributed by atoms with E-state index in [0.717, 1.165) is 29.3 Å². The Morgan fingerprint density at radius 2 is 2.33 bits per heavy atom. The van der Waals surface area contributed by atoms with Crippen molar-refractivity contribution in [2.24, 2.45) is 5.92 Å². The molecule has 18 heavy (non-hydrogen) atoms. The maximum Gasteiger partial charge on any atom is 0.347 e. The summed E-state index contributed by atoms with van der Waals surface area (Å²) in [4.78, 5) is 27.0. The van der Waals surface area contributed by atoms with Gasteiger partial charge in [-0.1, -0.05) is 0 Å². The van der Waals surface area contributed by atoms with Crippen molar-refractivity contribution in [1.82, 2.24) is 10.3 Å². The predicted octanol–water partition coefficient (Wildman–Crippen LogP) is 1.52. The van der Waals surface area contributed by atoms with Gasteiger partial charge in [0.2, 0.25) is 5.91 Å². The lowest BCUT2D eigenvalue weighted by Gasteiger charge is -2.07. The molecule has 1 fully saturated rings. The predicted molar refractivity (Wildman–Crippen MR) is 71.1 cm³/mol. The largest absolute Gasteiger partial charge is 0.477 e. The third-order valence-electron chi connectivity index (χ3n) is 2.75. The number of rotatable bonds is 4. The molecule has 1 atom stereocenters. The van der Waals surface area contributed by atoms with E-state index in [1.807, 2.05) is 0 Å². The number of aromatic nitrogens is 1. The van der Waals surface area contributed by atoms with Crippen LogP contribution in [0.1, 0.15) is 26.8 Å². The average molecular weight is 286 g/mol. The van der Waals surface area contributed by atoms with Crippen LogP contribution in [0.4, 0.5) is 0 Å². The second kappa shape index (κ2) is 5.71. The summed E-state index contributed by atoms with van der Waals surface area (Å²) in [6.45, 7) is 1.98. The van der Waals surface area contributed by atoms with E-state index in [9.17, 15) is 9.59 Å². The van der Waals surface area contributed by atoms with Gasteiger partial charge in [-0.05, 0) is 19.1 Å². The Morgan fingerprint density at radius 1 is 1.56 bits per heavy atom. The number of amides is 1. The number of thioether (sulfide) groups is 1. The first-order chi connectivity index (χ1) is 8.58. The van der Waals surface area contributed by atoms with Crippen LogP contribution in [0.3, 0.4) is 0 Å². The van der Waals surface area contributed by atoms with Crippen LogP contribution in [0.15, 0.2) is 0 Å². The van der Waals surface area contributed by atoms with Crippen molar-refractivity contribution in [2.75, 3.05) is 11.5 Å². The second-order valence-electron chi connectivity index (χ2n) is 4.11. The van der Waals surface area contributed by atoms with Gasteiger partial charge in [-0.15, -0.1) is 11.3 Å². The Balaban J connectivity index is 1.91. The molecule has 1 aliphatic heterocycles. The van der Waals surface area contributed by atoms with Crippen molar-refractivity contribution in [2.45, 2.75) is 19.9 Å². The van der Waals surface area contributed by atoms with Crippen LogP contribution in [0.5, 0.6) is 0 Å². The summed E-state index contributed by atoms with van der Waals surface area (Å²) in [7, 11) is 0. The summed E-state index contributed by atoms with van der Waals surface area (Å²) >= 11 is 2.91. The summed E-state index contributed by atoms with van der Waals surface area (Å²) < 4.78 is 0. The first-order valence-electron chi connectivity index (χ1n) is 5.63. The Bertz CT molecular complexity index is 467. The Morgan fingerprint density at radius 3 is 2.89 bits per heavy atom. The van der Waals surface area contributed by atoms with Gasteiger partial charge in [0, 0.05) is 11.7 Å². The third-order valence-corrected chi connectivity index (χ3v) is 5.06. The number of thiazole rings is 1. The zero-order chi connectivity index (χ0) is 13.1. The monoisotopic (exact) mass is 286 g/mol. The smallest absolute Gasteiger partial charge is 0.347 e. The van der Waals surface area contributed by atoms with E-state index in [-0.39, 0.29) is 16.7 Å². The maximum atomic E-state index is 11.8. The molecule has 0 bridgehead atoms. The Labute approximate surface area is 113 Å². The molecule has 0 spiro atoms. The Kier molecular flexibility index (Phi) is 4.23. The third kappa shape index (κ3) is 3.02. The highest BCUT2D eigenvalue weighted by molar-refractivity contribution is 7.99. The van der Waals surface area contributed by atoms with Gasteiger partial charge < -0.3 is 10.4 Å². The summed E-state index contributed by atoms with van der Waals surface area (Å²) in [6.07, 6.45) is 0.924. The molecule has 0 radical (unpaired) electrons. The number of aromatic carboxylic acids is 1. The van der Waals surface area contributed by atoms with Crippen molar-refractivity contribution in [3.8, 4) is 0 Å². The van der Waals surface area contributed by atoms with E-state index < -0.39 is 5.97 Å². The SMILES string of the molecule is Cc1nc(CNC(=O)C2CCSC2)sc1C(=O)O. The lowest BCUT2D eigenvalue weighted by Crippen LogP contribution is -2.30. The number of carbonyl (C=O) groups is 2. The highest BCUT2D eigenvalue weighted by atomic mass is 32.2. The fourth-order valence-corrected chi connectivity index (χ4v) is 3.84. The quantitative estimate of drug-likeness (QED) is 0.877. The van der Waals surface area contributed by atoms with Crippen LogP contribution in [-0.2, 0) is 11.3 Å². The lowest BCUT2D eigenvalue weighted by molar-refractivity contribution is -0.124. The molecule has 98 valence electrons. The van der Waals surface area contributed by atoms with Gasteiger partial charge in [-0.2, -0.15) is 11.8 Å². The highest BCUT2D eigenvalue weighted by Gasteiger charge is 2.23. The minimum atomic E-state index is -0.963. The molecule has 2 N–H and O–H groups in total. The topological polar surface area (TPSA) is 79.3 Å². The van der Waals surface area contributed by atoms with Crippen LogP contribution in [0, 0.1) is 12.8 Å². The van der Waals surface area contributed by atoms with Crippen LogP contribution < -0.4 is 5.32 Å². The summed E-state index contributed by atoms with van der Waals surface area (Å²) in [5, 5.41) is 12.4. The molecule has 2 rings (SSSR count). The van der Waals surface area contributed by atoms with Crippen LogP contribution in [-0.4, -0.2) is 33.5 Å². The zero-order valence-corrected chi connectivity index (χ0v) is 11.6. The molecule has 1 aromatic rings. The number of carbonyl (C=O) groups excluding carboxylic acids is 1. The number of nitrogens with zero attached hydrogens (tertiary/aromatic N) is 1. The number of carboxylic acid groups (broad SMARTS) is 1. The standard InChI is InChI=1S/C11H14N2O3S2/c1-6-9(11(15)16)18-8(13-6)4-12-10(14)7-2-3-17-5-7/h7H,2-5H2,1H3,(H,12,14)(H,15,16). The minimum absolute atomic E-state index is 0.0460. The van der Waals surface area contributed by atoms with Crippen molar-refractivity contribution in [1.29, 1.82) is 0 Å². The van der Waals surface area contributed by atoms with Gasteiger partial charge in [0.15, 0.2) is 0 Å². The van der Waals surface area contributed by atoms with Gasteiger partial charge in [0.05, 0.1) is 12.2 Å². The Hall–Kier alpha value is -1.08. The highest BCUT2D eigenvalue weighted by Crippen LogP contribution is 2.23. The molecule has 7 heteroatoms. The van der Waals surface area contributed by atoms with Crippen molar-refractivity contribution < 1.29 is 14.7 Å². The summed E-state index contributed by atoms with van der Waals surface area (Å²) in [5.41, 5.74) is 0.508. The summed E-state index contributed by atoms with van der Waals surface area (Å²) in [5.74, 6) is 1.09. The molecule has 1 aromatic heterocycles. The van der Waals surface area contributed by atoms with Crippen LogP contribution in [0.25, 0.3) is 0 Å². The molecule has 1 saturated heterocycles. The molecular formula is C11H14N2O3S2. The number of nitrogens with one attached hydrogen (secondary N) is 1.